The number of hydrogen-bond donors (Lipinski definition) is 1. The van der Waals surface area contributed by atoms with Crippen LogP contribution in [0, 0.1) is 0 Å². The molecular weight excluding hydrogens is 312 g/mol. The van der Waals surface area contributed by atoms with Gasteiger partial charge in [-0.1, -0.05) is 0 Å². The largest absolute Gasteiger partial charge is 0.373 e. The lowest BCUT2D eigenvalue weighted by Gasteiger charge is -2.25. The van der Waals surface area contributed by atoms with Crippen LogP contribution in [0.15, 0.2) is 48.8 Å². The minimum absolute atomic E-state index is 0.568. The molecule has 0 bridgehead atoms. The lowest BCUT2D eigenvalue weighted by Crippen LogP contribution is -2.30. The van der Waals surface area contributed by atoms with E-state index in [0.29, 0.717) is 5.69 Å². The molecule has 1 aromatic heterocycles. The summed E-state index contributed by atoms with van der Waals surface area (Å²) in [5, 5.41) is 0. The second-order valence-electron chi connectivity index (χ2n) is 5.47. The van der Waals surface area contributed by atoms with E-state index in [2.05, 4.69) is 19.5 Å². The Morgan fingerprint density at radius 2 is 1.39 bits per heavy atom. The van der Waals surface area contributed by atoms with Crippen molar-refractivity contribution in [3.8, 4) is 0 Å². The van der Waals surface area contributed by atoms with Crippen LogP contribution in [0.25, 0.3) is 0 Å². The highest BCUT2D eigenvalue weighted by atomic mass is 32.2. The van der Waals surface area contributed by atoms with Gasteiger partial charge in [0.15, 0.2) is 0 Å². The monoisotopic (exact) mass is 334 g/mol. The maximum Gasteiger partial charge on any atom is 0.229 e. The molecule has 2 aromatic rings. The first-order valence-electron chi connectivity index (χ1n) is 7.25. The first kappa shape index (κ1) is 17.1. The van der Waals surface area contributed by atoms with E-state index in [4.69, 9.17) is 0 Å². The smallest absolute Gasteiger partial charge is 0.229 e. The van der Waals surface area contributed by atoms with E-state index in [0.717, 1.165) is 30.7 Å². The van der Waals surface area contributed by atoms with Gasteiger partial charge in [-0.05, 0) is 36.4 Å². The number of nitrogens with one attached hydrogen (secondary N) is 1. The van der Waals surface area contributed by atoms with Gasteiger partial charge in [-0.25, -0.2) is 8.42 Å². The number of anilines is 3. The van der Waals surface area contributed by atoms with E-state index in [1.165, 1.54) is 0 Å². The van der Waals surface area contributed by atoms with Crippen molar-refractivity contribution in [2.45, 2.75) is 0 Å². The first-order chi connectivity index (χ1) is 10.8. The van der Waals surface area contributed by atoms with E-state index < -0.39 is 10.0 Å². The molecule has 1 heterocycles. The number of benzene rings is 1. The van der Waals surface area contributed by atoms with Gasteiger partial charge in [-0.2, -0.15) is 0 Å². The van der Waals surface area contributed by atoms with Gasteiger partial charge in [0.1, 0.15) is 0 Å². The predicted octanol–water partition coefficient (Wildman–Crippen LogP) is 2.03. The van der Waals surface area contributed by atoms with Crippen molar-refractivity contribution in [1.82, 2.24) is 4.98 Å². The van der Waals surface area contributed by atoms with Gasteiger partial charge in [-0.15, -0.1) is 0 Å². The first-order valence-corrected chi connectivity index (χ1v) is 9.14. The average molecular weight is 334 g/mol. The third-order valence-electron chi connectivity index (χ3n) is 3.49. The summed E-state index contributed by atoms with van der Waals surface area (Å²) in [5.41, 5.74) is 2.73. The predicted molar refractivity (Wildman–Crippen MR) is 95.7 cm³/mol. The topological polar surface area (TPSA) is 65.5 Å². The summed E-state index contributed by atoms with van der Waals surface area (Å²) in [6, 6.07) is 11.3. The van der Waals surface area contributed by atoms with Gasteiger partial charge in [0.05, 0.1) is 6.26 Å². The number of aromatic nitrogens is 1. The molecule has 0 atom stereocenters. The molecule has 0 fully saturated rings. The Morgan fingerprint density at radius 1 is 0.913 bits per heavy atom. The van der Waals surface area contributed by atoms with Crippen LogP contribution < -0.4 is 14.5 Å². The van der Waals surface area contributed by atoms with Gasteiger partial charge in [-0.3, -0.25) is 9.71 Å². The van der Waals surface area contributed by atoms with Gasteiger partial charge >= 0.3 is 0 Å². The van der Waals surface area contributed by atoms with Crippen molar-refractivity contribution in [2.24, 2.45) is 0 Å². The Morgan fingerprint density at radius 3 is 1.87 bits per heavy atom. The highest BCUT2D eigenvalue weighted by Gasteiger charge is 2.06. The number of likely N-dealkylation sites (N-methyl/N-ethyl adjacent to an activating group) is 2. The SMILES string of the molecule is CN(CCN(C)c1ccc(NS(C)(=O)=O)cc1)c1ccncc1. The summed E-state index contributed by atoms with van der Waals surface area (Å²) in [4.78, 5) is 8.31. The van der Waals surface area contributed by atoms with Crippen LogP contribution >= 0.6 is 0 Å². The van der Waals surface area contributed by atoms with Crippen molar-refractivity contribution in [3.05, 3.63) is 48.8 Å². The number of rotatable bonds is 7. The standard InChI is InChI=1S/C16H22N4O2S/c1-19(12-13-20(2)16-8-10-17-11-9-16)15-6-4-14(5-7-15)18-23(3,21)22/h4-11,18H,12-13H2,1-3H3. The Balaban J connectivity index is 1.92. The molecule has 6 nitrogen and oxygen atoms in total. The van der Waals surface area contributed by atoms with Crippen molar-refractivity contribution < 1.29 is 8.42 Å². The van der Waals surface area contributed by atoms with Gasteiger partial charge in [0, 0.05) is 56.6 Å². The number of sulfonamides is 1. The molecule has 2 rings (SSSR count). The van der Waals surface area contributed by atoms with Crippen molar-refractivity contribution in [3.63, 3.8) is 0 Å². The Labute approximate surface area is 137 Å². The molecule has 0 spiro atoms. The van der Waals surface area contributed by atoms with Crippen molar-refractivity contribution >= 4 is 27.1 Å². The summed E-state index contributed by atoms with van der Waals surface area (Å²) in [7, 11) is 0.819. The minimum atomic E-state index is -3.24. The second kappa shape index (κ2) is 7.32. The lowest BCUT2D eigenvalue weighted by atomic mass is 10.2. The molecule has 124 valence electrons. The highest BCUT2D eigenvalue weighted by molar-refractivity contribution is 7.92. The molecule has 0 radical (unpaired) electrons. The number of hydrogen-bond acceptors (Lipinski definition) is 5. The third-order valence-corrected chi connectivity index (χ3v) is 4.09. The molecule has 7 heteroatoms. The van der Waals surface area contributed by atoms with Crippen LogP contribution in [-0.4, -0.2) is 46.8 Å². The van der Waals surface area contributed by atoms with Crippen molar-refractivity contribution in [1.29, 1.82) is 0 Å². The fourth-order valence-electron chi connectivity index (χ4n) is 2.15. The van der Waals surface area contributed by atoms with Crippen molar-refractivity contribution in [2.75, 3.05) is 48.0 Å². The molecule has 0 amide bonds. The molecule has 0 aliphatic carbocycles. The average Bonchev–Trinajstić information content (AvgIpc) is 2.52. The van der Waals surface area contributed by atoms with Crippen LogP contribution in [0.5, 0.6) is 0 Å². The minimum Gasteiger partial charge on any atom is -0.373 e. The molecule has 1 N–H and O–H groups in total. The van der Waals surface area contributed by atoms with E-state index in [9.17, 15) is 8.42 Å². The number of nitrogens with zero attached hydrogens (tertiary/aromatic N) is 3. The summed E-state index contributed by atoms with van der Waals surface area (Å²) in [6.45, 7) is 1.71. The molecular formula is C16H22N4O2S. The van der Waals surface area contributed by atoms with E-state index in [-0.39, 0.29) is 0 Å². The molecule has 23 heavy (non-hydrogen) atoms. The molecule has 0 saturated heterocycles. The maximum absolute atomic E-state index is 11.2. The van der Waals surface area contributed by atoms with Crippen LogP contribution in [0.1, 0.15) is 0 Å². The molecule has 0 aliphatic rings. The Kier molecular flexibility index (Phi) is 5.44. The zero-order valence-electron chi connectivity index (χ0n) is 13.6. The summed E-state index contributed by atoms with van der Waals surface area (Å²) in [6.07, 6.45) is 4.70. The van der Waals surface area contributed by atoms with Crippen LogP contribution in [0.2, 0.25) is 0 Å². The maximum atomic E-state index is 11.2. The molecule has 0 saturated carbocycles. The van der Waals surface area contributed by atoms with Gasteiger partial charge in [0.2, 0.25) is 10.0 Å². The summed E-state index contributed by atoms with van der Waals surface area (Å²) >= 11 is 0. The Bertz CT molecular complexity index is 718. The second-order valence-corrected chi connectivity index (χ2v) is 7.22. The van der Waals surface area contributed by atoms with Gasteiger partial charge < -0.3 is 9.80 Å². The zero-order valence-corrected chi connectivity index (χ0v) is 14.4. The normalized spacial score (nSPS) is 11.1. The number of pyridine rings is 1. The van der Waals surface area contributed by atoms with Gasteiger partial charge in [0.25, 0.3) is 0 Å². The third kappa shape index (κ3) is 5.45. The highest BCUT2D eigenvalue weighted by Crippen LogP contribution is 2.18. The van der Waals surface area contributed by atoms with E-state index in [1.54, 1.807) is 24.5 Å². The summed E-state index contributed by atoms with van der Waals surface area (Å²) < 4.78 is 24.9. The quantitative estimate of drug-likeness (QED) is 0.839. The fourth-order valence-corrected chi connectivity index (χ4v) is 2.72. The van der Waals surface area contributed by atoms with E-state index >= 15 is 0 Å². The molecule has 1 aromatic carbocycles. The van der Waals surface area contributed by atoms with Crippen LogP contribution in [-0.2, 0) is 10.0 Å². The molecule has 0 aliphatic heterocycles. The zero-order chi connectivity index (χ0) is 16.9. The lowest BCUT2D eigenvalue weighted by molar-refractivity contribution is 0.607. The fraction of sp³-hybridized carbons (Fsp3) is 0.312. The Hall–Kier alpha value is -2.28. The summed E-state index contributed by atoms with van der Waals surface area (Å²) in [5.74, 6) is 0. The van der Waals surface area contributed by atoms with E-state index in [1.807, 2.05) is 38.4 Å². The van der Waals surface area contributed by atoms with Crippen LogP contribution in [0.3, 0.4) is 0 Å². The van der Waals surface area contributed by atoms with Crippen LogP contribution in [0.4, 0.5) is 17.1 Å². The molecule has 0 unspecified atom stereocenters.